The molecule has 0 unspecified atom stereocenters. The standard InChI is InChI=1S/C16H28N2O2Si/c1-16(2,3)21(4,5)20-13-6-7-14(17)15(12-13)18-8-10-19-11-9-18/h6-7,12H,8-11,17H2,1-5H3. The van der Waals surface area contributed by atoms with Gasteiger partial charge in [0.05, 0.1) is 24.6 Å². The molecule has 2 N–H and O–H groups in total. The van der Waals surface area contributed by atoms with Crippen molar-refractivity contribution < 1.29 is 9.16 Å². The van der Waals surface area contributed by atoms with Gasteiger partial charge in [0.1, 0.15) is 5.75 Å². The molecule has 0 aliphatic carbocycles. The first-order valence-electron chi connectivity index (χ1n) is 7.62. The van der Waals surface area contributed by atoms with Crippen LogP contribution in [-0.2, 0) is 4.74 Å². The van der Waals surface area contributed by atoms with E-state index < -0.39 is 8.32 Å². The molecule has 0 atom stereocenters. The second kappa shape index (κ2) is 5.89. The van der Waals surface area contributed by atoms with Gasteiger partial charge in [-0.15, -0.1) is 0 Å². The van der Waals surface area contributed by atoms with Crippen LogP contribution in [0.2, 0.25) is 18.1 Å². The molecule has 1 heterocycles. The van der Waals surface area contributed by atoms with Gasteiger partial charge >= 0.3 is 0 Å². The lowest BCUT2D eigenvalue weighted by Gasteiger charge is -2.37. The Morgan fingerprint density at radius 3 is 2.38 bits per heavy atom. The van der Waals surface area contributed by atoms with Crippen molar-refractivity contribution in [3.05, 3.63) is 18.2 Å². The summed E-state index contributed by atoms with van der Waals surface area (Å²) < 4.78 is 11.8. The minimum atomic E-state index is -1.82. The Kier molecular flexibility index (Phi) is 4.53. The lowest BCUT2D eigenvalue weighted by Crippen LogP contribution is -2.44. The number of ether oxygens (including phenoxy) is 1. The van der Waals surface area contributed by atoms with Crippen molar-refractivity contribution in [3.8, 4) is 5.75 Å². The Morgan fingerprint density at radius 2 is 1.81 bits per heavy atom. The predicted molar refractivity (Wildman–Crippen MR) is 91.7 cm³/mol. The highest BCUT2D eigenvalue weighted by Crippen LogP contribution is 2.38. The third-order valence-electron chi connectivity index (χ3n) is 4.53. The van der Waals surface area contributed by atoms with Crippen LogP contribution in [0.15, 0.2) is 18.2 Å². The lowest BCUT2D eigenvalue weighted by molar-refractivity contribution is 0.123. The molecule has 0 amide bonds. The van der Waals surface area contributed by atoms with Crippen LogP contribution in [0.5, 0.6) is 5.75 Å². The van der Waals surface area contributed by atoms with Crippen molar-refractivity contribution in [1.82, 2.24) is 0 Å². The number of nitrogens with two attached hydrogens (primary N) is 1. The van der Waals surface area contributed by atoms with Gasteiger partial charge in [-0.1, -0.05) is 20.8 Å². The van der Waals surface area contributed by atoms with Gasteiger partial charge in [-0.2, -0.15) is 0 Å². The van der Waals surface area contributed by atoms with Gasteiger partial charge in [-0.3, -0.25) is 0 Å². The zero-order valence-electron chi connectivity index (χ0n) is 13.9. The number of hydrogen-bond acceptors (Lipinski definition) is 4. The van der Waals surface area contributed by atoms with Crippen LogP contribution in [0.3, 0.4) is 0 Å². The van der Waals surface area contributed by atoms with Crippen molar-refractivity contribution >= 4 is 19.7 Å². The molecule has 118 valence electrons. The van der Waals surface area contributed by atoms with Crippen molar-refractivity contribution in [2.45, 2.75) is 38.9 Å². The molecule has 0 bridgehead atoms. The topological polar surface area (TPSA) is 47.7 Å². The third kappa shape index (κ3) is 3.71. The second-order valence-electron chi connectivity index (χ2n) is 7.18. The van der Waals surface area contributed by atoms with E-state index in [0.29, 0.717) is 0 Å². The van der Waals surface area contributed by atoms with Gasteiger partial charge in [0.25, 0.3) is 0 Å². The average molecular weight is 308 g/mol. The fourth-order valence-corrected chi connectivity index (χ4v) is 3.14. The van der Waals surface area contributed by atoms with Crippen molar-refractivity contribution in [1.29, 1.82) is 0 Å². The maximum absolute atomic E-state index is 6.38. The lowest BCUT2D eigenvalue weighted by atomic mass is 10.2. The van der Waals surface area contributed by atoms with E-state index in [-0.39, 0.29) is 5.04 Å². The maximum atomic E-state index is 6.38. The van der Waals surface area contributed by atoms with E-state index in [4.69, 9.17) is 14.9 Å². The smallest absolute Gasteiger partial charge is 0.250 e. The molecule has 1 aromatic rings. The first-order chi connectivity index (χ1) is 9.71. The highest BCUT2D eigenvalue weighted by Gasteiger charge is 2.39. The maximum Gasteiger partial charge on any atom is 0.250 e. The molecule has 2 rings (SSSR count). The summed E-state index contributed by atoms with van der Waals surface area (Å²) in [5.41, 5.74) is 8.01. The zero-order chi connectivity index (χ0) is 15.7. The molecule has 21 heavy (non-hydrogen) atoms. The quantitative estimate of drug-likeness (QED) is 0.686. The van der Waals surface area contributed by atoms with E-state index in [1.807, 2.05) is 12.1 Å². The Morgan fingerprint density at radius 1 is 1.19 bits per heavy atom. The first kappa shape index (κ1) is 16.2. The Labute approximate surface area is 129 Å². The molecule has 4 nitrogen and oxygen atoms in total. The number of morpholine rings is 1. The van der Waals surface area contributed by atoms with E-state index in [0.717, 1.165) is 43.4 Å². The number of hydrogen-bond donors (Lipinski definition) is 1. The van der Waals surface area contributed by atoms with E-state index >= 15 is 0 Å². The summed E-state index contributed by atoms with van der Waals surface area (Å²) in [5.74, 6) is 0.928. The van der Waals surface area contributed by atoms with Crippen LogP contribution in [-0.4, -0.2) is 34.6 Å². The molecule has 1 aliphatic heterocycles. The van der Waals surface area contributed by atoms with Crippen LogP contribution < -0.4 is 15.1 Å². The second-order valence-corrected chi connectivity index (χ2v) is 11.9. The number of anilines is 2. The van der Waals surface area contributed by atoms with Crippen molar-refractivity contribution in [3.63, 3.8) is 0 Å². The first-order valence-corrected chi connectivity index (χ1v) is 10.5. The Bertz CT molecular complexity index is 492. The van der Waals surface area contributed by atoms with Crippen LogP contribution in [0, 0.1) is 0 Å². The number of rotatable bonds is 3. The summed E-state index contributed by atoms with van der Waals surface area (Å²) in [6, 6.07) is 6.02. The molecular formula is C16H28N2O2Si. The van der Waals surface area contributed by atoms with E-state index in [9.17, 15) is 0 Å². The minimum Gasteiger partial charge on any atom is -0.543 e. The molecule has 0 aromatic heterocycles. The number of benzene rings is 1. The summed E-state index contributed by atoms with van der Waals surface area (Å²) in [4.78, 5) is 2.28. The molecule has 1 fully saturated rings. The molecule has 0 saturated carbocycles. The van der Waals surface area contributed by atoms with Crippen molar-refractivity contribution in [2.75, 3.05) is 36.9 Å². The van der Waals surface area contributed by atoms with Crippen LogP contribution in [0.4, 0.5) is 11.4 Å². The Hall–Kier alpha value is -1.20. The summed E-state index contributed by atoms with van der Waals surface area (Å²) in [5, 5.41) is 0.188. The zero-order valence-corrected chi connectivity index (χ0v) is 14.9. The van der Waals surface area contributed by atoms with Gasteiger partial charge in [0.2, 0.25) is 8.32 Å². The molecular weight excluding hydrogens is 280 g/mol. The van der Waals surface area contributed by atoms with Crippen LogP contribution in [0.1, 0.15) is 20.8 Å². The largest absolute Gasteiger partial charge is 0.543 e. The summed E-state index contributed by atoms with van der Waals surface area (Å²) in [6.45, 7) is 14.6. The van der Waals surface area contributed by atoms with Gasteiger partial charge in [-0.25, -0.2) is 0 Å². The summed E-state index contributed by atoms with van der Waals surface area (Å²) >= 11 is 0. The predicted octanol–water partition coefficient (Wildman–Crippen LogP) is 3.49. The molecule has 0 spiro atoms. The van der Waals surface area contributed by atoms with Crippen molar-refractivity contribution in [2.24, 2.45) is 0 Å². The third-order valence-corrected chi connectivity index (χ3v) is 8.89. The van der Waals surface area contributed by atoms with E-state index in [1.54, 1.807) is 0 Å². The molecule has 1 aliphatic rings. The summed E-state index contributed by atoms with van der Waals surface area (Å²) in [6.07, 6.45) is 0. The van der Waals surface area contributed by atoms with Gasteiger partial charge < -0.3 is 19.8 Å². The number of nitrogens with zero attached hydrogens (tertiary/aromatic N) is 1. The number of nitrogen functional groups attached to an aromatic ring is 1. The highest BCUT2D eigenvalue weighted by atomic mass is 28.4. The monoisotopic (exact) mass is 308 g/mol. The molecule has 1 saturated heterocycles. The van der Waals surface area contributed by atoms with Gasteiger partial charge in [0, 0.05) is 19.2 Å². The van der Waals surface area contributed by atoms with Crippen LogP contribution >= 0.6 is 0 Å². The van der Waals surface area contributed by atoms with E-state index in [2.05, 4.69) is 44.8 Å². The van der Waals surface area contributed by atoms with E-state index in [1.165, 1.54) is 0 Å². The normalized spacial score (nSPS) is 16.9. The van der Waals surface area contributed by atoms with Gasteiger partial charge in [-0.05, 0) is 30.3 Å². The van der Waals surface area contributed by atoms with Crippen LogP contribution in [0.25, 0.3) is 0 Å². The fraction of sp³-hybridized carbons (Fsp3) is 0.625. The minimum absolute atomic E-state index is 0.188. The fourth-order valence-electron chi connectivity index (χ4n) is 2.11. The average Bonchev–Trinajstić information content (AvgIpc) is 2.40. The highest BCUT2D eigenvalue weighted by molar-refractivity contribution is 6.74. The molecule has 0 radical (unpaired) electrons. The Balaban J connectivity index is 2.22. The molecule has 1 aromatic carbocycles. The molecule has 5 heteroatoms. The SMILES string of the molecule is CC(C)(C)[Si](C)(C)Oc1ccc(N)c(N2CCOCC2)c1. The van der Waals surface area contributed by atoms with Gasteiger partial charge in [0.15, 0.2) is 0 Å². The summed E-state index contributed by atoms with van der Waals surface area (Å²) in [7, 11) is -1.82.